The van der Waals surface area contributed by atoms with Gasteiger partial charge in [0, 0.05) is 6.54 Å². The summed E-state index contributed by atoms with van der Waals surface area (Å²) in [6, 6.07) is -0.721. The first kappa shape index (κ1) is 21.7. The van der Waals surface area contributed by atoms with Crippen LogP contribution in [0, 0.1) is 23.7 Å². The molecule has 0 spiro atoms. The summed E-state index contributed by atoms with van der Waals surface area (Å²) in [6.45, 7) is 9.69. The average Bonchev–Trinajstić information content (AvgIpc) is 2.99. The SMILES string of the molecule is CCC[C@@H]1C[C@@H](C(=O)N[C@H](C=O)[C@H]2OC(SC)[C@H](C)[C@H](C)C2C)N(C)C1. The Morgan fingerprint density at radius 3 is 2.58 bits per heavy atom. The molecule has 0 aliphatic carbocycles. The minimum Gasteiger partial charge on any atom is -0.361 e. The quantitative estimate of drug-likeness (QED) is 0.684. The van der Waals surface area contributed by atoms with Crippen molar-refractivity contribution in [3.05, 3.63) is 0 Å². The number of rotatable bonds is 7. The highest BCUT2D eigenvalue weighted by atomic mass is 32.2. The van der Waals surface area contributed by atoms with Gasteiger partial charge in [0.1, 0.15) is 17.8 Å². The molecule has 1 N–H and O–H groups in total. The molecular formula is C20H36N2O3S. The number of nitrogens with zero attached hydrogens (tertiary/aromatic N) is 1. The molecule has 1 amide bonds. The summed E-state index contributed by atoms with van der Waals surface area (Å²) in [5.74, 6) is 1.62. The highest BCUT2D eigenvalue weighted by molar-refractivity contribution is 7.99. The van der Waals surface area contributed by atoms with Gasteiger partial charge in [-0.15, -0.1) is 11.8 Å². The third-order valence-electron chi connectivity index (χ3n) is 6.57. The fraction of sp³-hybridized carbons (Fsp3) is 0.900. The lowest BCUT2D eigenvalue weighted by Gasteiger charge is -2.45. The molecule has 2 saturated heterocycles. The van der Waals surface area contributed by atoms with E-state index >= 15 is 0 Å². The number of ether oxygens (including phenoxy) is 1. The molecule has 0 radical (unpaired) electrons. The van der Waals surface area contributed by atoms with E-state index in [4.69, 9.17) is 4.74 Å². The van der Waals surface area contributed by atoms with E-state index in [2.05, 4.69) is 37.9 Å². The van der Waals surface area contributed by atoms with E-state index in [-0.39, 0.29) is 29.4 Å². The van der Waals surface area contributed by atoms with Crippen molar-refractivity contribution in [3.8, 4) is 0 Å². The Morgan fingerprint density at radius 2 is 2.00 bits per heavy atom. The van der Waals surface area contributed by atoms with Crippen LogP contribution in [0.1, 0.15) is 47.0 Å². The molecule has 26 heavy (non-hydrogen) atoms. The summed E-state index contributed by atoms with van der Waals surface area (Å²) < 4.78 is 6.24. The van der Waals surface area contributed by atoms with Crippen molar-refractivity contribution >= 4 is 24.0 Å². The second kappa shape index (κ2) is 9.56. The molecule has 150 valence electrons. The number of carbonyl (C=O) groups is 2. The van der Waals surface area contributed by atoms with Crippen LogP contribution in [0.25, 0.3) is 0 Å². The molecule has 0 bridgehead atoms. The van der Waals surface area contributed by atoms with Gasteiger partial charge in [-0.25, -0.2) is 0 Å². The molecule has 2 aliphatic heterocycles. The third kappa shape index (κ3) is 4.63. The Hall–Kier alpha value is -0.590. The minimum atomic E-state index is -0.583. The highest BCUT2D eigenvalue weighted by Gasteiger charge is 2.43. The molecule has 0 aromatic heterocycles. The normalized spacial score (nSPS) is 39.5. The maximum atomic E-state index is 12.8. The van der Waals surface area contributed by atoms with Gasteiger partial charge < -0.3 is 14.8 Å². The van der Waals surface area contributed by atoms with Crippen LogP contribution in [-0.2, 0) is 14.3 Å². The predicted octanol–water partition coefficient (Wildman–Crippen LogP) is 2.79. The lowest BCUT2D eigenvalue weighted by atomic mass is 9.77. The van der Waals surface area contributed by atoms with E-state index in [0.717, 1.165) is 32.1 Å². The molecule has 0 aromatic carbocycles. The molecular weight excluding hydrogens is 348 g/mol. The lowest BCUT2D eigenvalue weighted by molar-refractivity contribution is -0.139. The summed E-state index contributed by atoms with van der Waals surface area (Å²) in [6.07, 6.45) is 5.80. The number of likely N-dealkylation sites (N-methyl/N-ethyl adjacent to an activating group) is 1. The van der Waals surface area contributed by atoms with Gasteiger partial charge in [-0.1, -0.05) is 34.1 Å². The van der Waals surface area contributed by atoms with E-state index < -0.39 is 6.04 Å². The van der Waals surface area contributed by atoms with E-state index in [1.54, 1.807) is 11.8 Å². The molecule has 2 fully saturated rings. The number of thioether (sulfide) groups is 1. The van der Waals surface area contributed by atoms with Gasteiger partial charge in [0.25, 0.3) is 0 Å². The summed E-state index contributed by atoms with van der Waals surface area (Å²) >= 11 is 1.68. The van der Waals surface area contributed by atoms with Crippen LogP contribution in [-0.4, -0.2) is 60.6 Å². The first-order valence-corrected chi connectivity index (χ1v) is 11.3. The number of likely N-dealkylation sites (tertiary alicyclic amines) is 1. The molecule has 2 aliphatic rings. The van der Waals surface area contributed by atoms with E-state index in [1.807, 2.05) is 13.3 Å². The molecule has 2 unspecified atom stereocenters. The Balaban J connectivity index is 2.04. The standard InChI is InChI=1S/C20H36N2O3S/c1-7-8-15-9-17(22(5)10-15)19(24)21-16(11-23)18-13(3)12(2)14(4)20(25-18)26-6/h11-18,20H,7-10H2,1-6H3,(H,21,24)/t12-,13?,14-,15-,16-,17+,18+,20?/m1/s1. The maximum absolute atomic E-state index is 12.8. The fourth-order valence-electron chi connectivity index (χ4n) is 4.59. The maximum Gasteiger partial charge on any atom is 0.238 e. The number of amides is 1. The highest BCUT2D eigenvalue weighted by Crippen LogP contribution is 2.39. The van der Waals surface area contributed by atoms with Crippen LogP contribution in [0.2, 0.25) is 0 Å². The predicted molar refractivity (Wildman–Crippen MR) is 107 cm³/mol. The molecule has 6 heteroatoms. The largest absolute Gasteiger partial charge is 0.361 e. The second-order valence-corrected chi connectivity index (χ2v) is 9.23. The van der Waals surface area contributed by atoms with Crippen LogP contribution >= 0.6 is 11.8 Å². The van der Waals surface area contributed by atoms with Gasteiger partial charge in [0.15, 0.2) is 0 Å². The summed E-state index contributed by atoms with van der Waals surface area (Å²) in [5, 5.41) is 3.00. The monoisotopic (exact) mass is 384 g/mol. The average molecular weight is 385 g/mol. The number of hydrogen-bond acceptors (Lipinski definition) is 5. The molecule has 0 saturated carbocycles. The molecule has 0 aromatic rings. The molecule has 2 rings (SSSR count). The number of carbonyl (C=O) groups excluding carboxylic acids is 2. The second-order valence-electron chi connectivity index (χ2n) is 8.30. The smallest absolute Gasteiger partial charge is 0.238 e. The van der Waals surface area contributed by atoms with Crippen molar-refractivity contribution in [1.82, 2.24) is 10.2 Å². The summed E-state index contributed by atoms with van der Waals surface area (Å²) in [7, 11) is 2.00. The number of hydrogen-bond donors (Lipinski definition) is 1. The van der Waals surface area contributed by atoms with E-state index in [1.165, 1.54) is 0 Å². The van der Waals surface area contributed by atoms with Crippen LogP contribution in [0.15, 0.2) is 0 Å². The molecule has 2 heterocycles. The van der Waals surface area contributed by atoms with Gasteiger partial charge >= 0.3 is 0 Å². The van der Waals surface area contributed by atoms with Gasteiger partial charge in [-0.2, -0.15) is 0 Å². The van der Waals surface area contributed by atoms with Crippen molar-refractivity contribution in [3.63, 3.8) is 0 Å². The van der Waals surface area contributed by atoms with Crippen LogP contribution in [0.4, 0.5) is 0 Å². The zero-order chi connectivity index (χ0) is 19.4. The van der Waals surface area contributed by atoms with Crippen LogP contribution < -0.4 is 5.32 Å². The first-order valence-electron chi connectivity index (χ1n) is 9.98. The van der Waals surface area contributed by atoms with Crippen molar-refractivity contribution in [2.24, 2.45) is 23.7 Å². The summed E-state index contributed by atoms with van der Waals surface area (Å²) in [5.41, 5.74) is 0.0636. The van der Waals surface area contributed by atoms with Gasteiger partial charge in [-0.3, -0.25) is 9.69 Å². The number of nitrogens with one attached hydrogen (secondary N) is 1. The Morgan fingerprint density at radius 1 is 1.31 bits per heavy atom. The van der Waals surface area contributed by atoms with Gasteiger partial charge in [0.2, 0.25) is 5.91 Å². The molecule has 5 nitrogen and oxygen atoms in total. The van der Waals surface area contributed by atoms with E-state index in [0.29, 0.717) is 17.8 Å². The first-order chi connectivity index (χ1) is 12.3. The van der Waals surface area contributed by atoms with Gasteiger partial charge in [-0.05, 0) is 49.8 Å². The fourth-order valence-corrected chi connectivity index (χ4v) is 5.51. The van der Waals surface area contributed by atoms with Crippen LogP contribution in [0.3, 0.4) is 0 Å². The zero-order valence-corrected chi connectivity index (χ0v) is 17.9. The number of aldehydes is 1. The van der Waals surface area contributed by atoms with Crippen LogP contribution in [0.5, 0.6) is 0 Å². The Kier molecular flexibility index (Phi) is 7.98. The topological polar surface area (TPSA) is 58.6 Å². The van der Waals surface area contributed by atoms with E-state index in [9.17, 15) is 9.59 Å². The van der Waals surface area contributed by atoms with Crippen molar-refractivity contribution in [2.75, 3.05) is 19.8 Å². The third-order valence-corrected chi connectivity index (χ3v) is 7.58. The van der Waals surface area contributed by atoms with Crippen molar-refractivity contribution in [2.45, 2.75) is 70.6 Å². The Labute approximate surface area is 163 Å². The minimum absolute atomic E-state index is 0.0361. The summed E-state index contributed by atoms with van der Waals surface area (Å²) in [4.78, 5) is 26.8. The molecule has 8 atom stereocenters. The lowest BCUT2D eigenvalue weighted by Crippen LogP contribution is -2.57. The van der Waals surface area contributed by atoms with Crippen molar-refractivity contribution in [1.29, 1.82) is 0 Å². The van der Waals surface area contributed by atoms with Gasteiger partial charge in [0.05, 0.1) is 12.1 Å². The zero-order valence-electron chi connectivity index (χ0n) is 17.1. The van der Waals surface area contributed by atoms with Crippen molar-refractivity contribution < 1.29 is 14.3 Å². The Bertz CT molecular complexity index is 488.